The van der Waals surface area contributed by atoms with Gasteiger partial charge in [-0.25, -0.2) is 0 Å². The van der Waals surface area contributed by atoms with Crippen LogP contribution in [0.15, 0.2) is 0 Å². The van der Waals surface area contributed by atoms with Gasteiger partial charge in [0.1, 0.15) is 0 Å². The van der Waals surface area contributed by atoms with Gasteiger partial charge in [0, 0.05) is 19.5 Å². The molecule has 0 rings (SSSR count). The standard InChI is InChI=1S/C12H26O.H2O4S.Zn/c1-3-5-7-8-9-11-12(13)10-6-4-2;1-5(2,3)4;/h12-13H,3-11H2,1-2H3;(H2,1,2,3,4);. The Morgan fingerprint density at radius 3 is 1.63 bits per heavy atom. The fraction of sp³-hybridized carbons (Fsp3) is 1.00. The van der Waals surface area contributed by atoms with E-state index in [1.807, 2.05) is 0 Å². The van der Waals surface area contributed by atoms with E-state index in [0.29, 0.717) is 0 Å². The Balaban J connectivity index is -0.000000366. The summed E-state index contributed by atoms with van der Waals surface area (Å²) in [6.07, 6.45) is 10.9. The SMILES string of the molecule is CCCCCCCC(O)CCCC.O=S(=O)(O)O.[Zn]. The molecular formula is C12H28O5SZn. The van der Waals surface area contributed by atoms with Crippen molar-refractivity contribution in [3.8, 4) is 0 Å². The molecule has 0 aromatic rings. The van der Waals surface area contributed by atoms with E-state index in [9.17, 15) is 5.11 Å². The molecular weight excluding hydrogens is 322 g/mol. The maximum atomic E-state index is 9.54. The Kier molecular flexibility index (Phi) is 21.3. The number of aliphatic hydroxyl groups excluding tert-OH is 1. The van der Waals surface area contributed by atoms with Crippen LogP contribution in [0.2, 0.25) is 0 Å². The molecule has 114 valence electrons. The van der Waals surface area contributed by atoms with E-state index in [1.54, 1.807) is 0 Å². The summed E-state index contributed by atoms with van der Waals surface area (Å²) in [5, 5.41) is 9.54. The molecule has 0 amide bonds. The largest absolute Gasteiger partial charge is 0.394 e. The first-order valence-electron chi connectivity index (χ1n) is 6.69. The predicted octanol–water partition coefficient (Wildman–Crippen LogP) is 3.24. The molecule has 0 radical (unpaired) electrons. The molecule has 0 heterocycles. The van der Waals surface area contributed by atoms with Crippen molar-refractivity contribution >= 4 is 10.4 Å². The second kappa shape index (κ2) is 16.5. The zero-order chi connectivity index (χ0) is 14.4. The summed E-state index contributed by atoms with van der Waals surface area (Å²) in [6, 6.07) is 0. The Labute approximate surface area is 130 Å². The Bertz CT molecular complexity index is 249. The smallest absolute Gasteiger partial charge is 0.393 e. The fourth-order valence-corrected chi connectivity index (χ4v) is 1.57. The van der Waals surface area contributed by atoms with Crippen LogP contribution in [0.1, 0.15) is 71.6 Å². The van der Waals surface area contributed by atoms with E-state index < -0.39 is 10.4 Å². The van der Waals surface area contributed by atoms with E-state index in [0.717, 1.165) is 12.8 Å². The summed E-state index contributed by atoms with van der Waals surface area (Å²) >= 11 is 0. The maximum absolute atomic E-state index is 9.54. The average molecular weight is 350 g/mol. The normalized spacial score (nSPS) is 12.1. The summed E-state index contributed by atoms with van der Waals surface area (Å²) in [5.41, 5.74) is 0. The summed E-state index contributed by atoms with van der Waals surface area (Å²) in [5.74, 6) is 0. The van der Waals surface area contributed by atoms with Crippen LogP contribution < -0.4 is 0 Å². The zero-order valence-electron chi connectivity index (χ0n) is 12.2. The minimum absolute atomic E-state index is 0. The molecule has 3 N–H and O–H groups in total. The first-order chi connectivity index (χ1) is 8.31. The van der Waals surface area contributed by atoms with Gasteiger partial charge in [-0.2, -0.15) is 8.42 Å². The molecule has 0 aliphatic rings. The quantitative estimate of drug-likeness (QED) is 0.337. The Morgan fingerprint density at radius 2 is 1.21 bits per heavy atom. The monoisotopic (exact) mass is 348 g/mol. The second-order valence-electron chi connectivity index (χ2n) is 4.45. The van der Waals surface area contributed by atoms with Gasteiger partial charge < -0.3 is 5.11 Å². The van der Waals surface area contributed by atoms with Crippen molar-refractivity contribution in [2.75, 3.05) is 0 Å². The van der Waals surface area contributed by atoms with Crippen LogP contribution in [0.4, 0.5) is 0 Å². The third-order valence-corrected chi connectivity index (χ3v) is 2.53. The summed E-state index contributed by atoms with van der Waals surface area (Å²) in [4.78, 5) is 0. The molecule has 0 aliphatic heterocycles. The molecule has 0 aromatic heterocycles. The first kappa shape index (κ1) is 24.5. The maximum Gasteiger partial charge on any atom is 0.394 e. The molecule has 1 unspecified atom stereocenters. The van der Waals surface area contributed by atoms with Crippen molar-refractivity contribution in [2.24, 2.45) is 0 Å². The number of rotatable bonds is 9. The summed E-state index contributed by atoms with van der Waals surface area (Å²) in [6.45, 7) is 4.41. The van der Waals surface area contributed by atoms with Crippen LogP contribution in [-0.2, 0) is 29.9 Å². The van der Waals surface area contributed by atoms with Gasteiger partial charge in [-0.15, -0.1) is 0 Å². The van der Waals surface area contributed by atoms with Crippen molar-refractivity contribution in [1.29, 1.82) is 0 Å². The molecule has 0 spiro atoms. The van der Waals surface area contributed by atoms with Crippen molar-refractivity contribution in [1.82, 2.24) is 0 Å². The number of aliphatic hydroxyl groups is 1. The van der Waals surface area contributed by atoms with Crippen molar-refractivity contribution in [2.45, 2.75) is 77.7 Å². The van der Waals surface area contributed by atoms with Gasteiger partial charge >= 0.3 is 10.4 Å². The minimum atomic E-state index is -4.67. The van der Waals surface area contributed by atoms with Crippen LogP contribution in [0, 0.1) is 0 Å². The van der Waals surface area contributed by atoms with Crippen LogP contribution in [0.3, 0.4) is 0 Å². The molecule has 7 heteroatoms. The van der Waals surface area contributed by atoms with E-state index >= 15 is 0 Å². The van der Waals surface area contributed by atoms with Gasteiger partial charge in [-0.1, -0.05) is 58.8 Å². The van der Waals surface area contributed by atoms with Gasteiger partial charge in [0.25, 0.3) is 0 Å². The molecule has 0 saturated carbocycles. The number of hydrogen-bond acceptors (Lipinski definition) is 3. The third-order valence-electron chi connectivity index (χ3n) is 2.53. The average Bonchev–Trinajstić information content (AvgIpc) is 2.24. The Morgan fingerprint density at radius 1 is 0.842 bits per heavy atom. The molecule has 5 nitrogen and oxygen atoms in total. The van der Waals surface area contributed by atoms with Gasteiger partial charge in [0.05, 0.1) is 6.10 Å². The third kappa shape index (κ3) is 38.1. The molecule has 0 aromatic carbocycles. The molecule has 0 saturated heterocycles. The summed E-state index contributed by atoms with van der Waals surface area (Å²) < 4.78 is 31.6. The van der Waals surface area contributed by atoms with Crippen LogP contribution in [-0.4, -0.2) is 28.7 Å². The van der Waals surface area contributed by atoms with Crippen LogP contribution >= 0.6 is 0 Å². The molecule has 19 heavy (non-hydrogen) atoms. The van der Waals surface area contributed by atoms with Gasteiger partial charge in [-0.05, 0) is 12.8 Å². The van der Waals surface area contributed by atoms with E-state index in [2.05, 4.69) is 13.8 Å². The molecule has 1 atom stereocenters. The van der Waals surface area contributed by atoms with Crippen LogP contribution in [0.25, 0.3) is 0 Å². The van der Waals surface area contributed by atoms with Crippen molar-refractivity contribution in [3.63, 3.8) is 0 Å². The summed E-state index contributed by atoms with van der Waals surface area (Å²) in [7, 11) is -4.67. The number of unbranched alkanes of at least 4 members (excludes halogenated alkanes) is 5. The van der Waals surface area contributed by atoms with Gasteiger partial charge in [-0.3, -0.25) is 9.11 Å². The molecule has 0 fully saturated rings. The van der Waals surface area contributed by atoms with Crippen molar-refractivity contribution in [3.05, 3.63) is 0 Å². The number of hydrogen-bond donors (Lipinski definition) is 3. The van der Waals surface area contributed by atoms with Crippen molar-refractivity contribution < 1.29 is 42.1 Å². The van der Waals surface area contributed by atoms with E-state index in [4.69, 9.17) is 17.5 Å². The second-order valence-corrected chi connectivity index (χ2v) is 5.34. The molecule has 0 bridgehead atoms. The van der Waals surface area contributed by atoms with Gasteiger partial charge in [0.15, 0.2) is 0 Å². The van der Waals surface area contributed by atoms with E-state index in [-0.39, 0.29) is 25.6 Å². The minimum Gasteiger partial charge on any atom is -0.393 e. The van der Waals surface area contributed by atoms with Crippen LogP contribution in [0.5, 0.6) is 0 Å². The Hall–Kier alpha value is 0.453. The molecule has 0 aliphatic carbocycles. The predicted molar refractivity (Wildman–Crippen MR) is 73.1 cm³/mol. The first-order valence-corrected chi connectivity index (χ1v) is 8.08. The fourth-order valence-electron chi connectivity index (χ4n) is 1.57. The topological polar surface area (TPSA) is 94.8 Å². The zero-order valence-corrected chi connectivity index (χ0v) is 16.0. The van der Waals surface area contributed by atoms with Gasteiger partial charge in [0.2, 0.25) is 0 Å². The van der Waals surface area contributed by atoms with E-state index in [1.165, 1.54) is 44.9 Å².